The number of non-ortho nitro benzene ring substituents is 1. The molecule has 0 radical (unpaired) electrons. The van der Waals surface area contributed by atoms with Gasteiger partial charge in [-0.15, -0.1) is 0 Å². The molecule has 1 amide bonds. The SMILES string of the molecule is C[C@@H](OC(=O)C[C@H]1C=CCC1)C(=O)Nc1ccc([N+](=O)[O-])cc1C(F)(F)F. The highest BCUT2D eigenvalue weighted by Gasteiger charge is 2.36. The molecule has 27 heavy (non-hydrogen) atoms. The first kappa shape index (κ1) is 20.4. The van der Waals surface area contributed by atoms with Crippen LogP contribution in [0.5, 0.6) is 0 Å². The second-order valence-electron chi connectivity index (χ2n) is 6.08. The number of carbonyl (C=O) groups excluding carboxylic acids is 2. The molecule has 0 bridgehead atoms. The second-order valence-corrected chi connectivity index (χ2v) is 6.08. The monoisotopic (exact) mass is 386 g/mol. The van der Waals surface area contributed by atoms with Crippen LogP contribution in [0, 0.1) is 16.0 Å². The Kier molecular flexibility index (Phi) is 6.19. The largest absolute Gasteiger partial charge is 0.453 e. The number of carbonyl (C=O) groups is 2. The highest BCUT2D eigenvalue weighted by atomic mass is 19.4. The van der Waals surface area contributed by atoms with E-state index in [0.29, 0.717) is 6.07 Å². The van der Waals surface area contributed by atoms with E-state index in [1.165, 1.54) is 6.92 Å². The summed E-state index contributed by atoms with van der Waals surface area (Å²) >= 11 is 0. The quantitative estimate of drug-likeness (QED) is 0.347. The molecule has 7 nitrogen and oxygen atoms in total. The number of nitrogens with one attached hydrogen (secondary N) is 1. The summed E-state index contributed by atoms with van der Waals surface area (Å²) in [6.45, 7) is 1.23. The van der Waals surface area contributed by atoms with E-state index >= 15 is 0 Å². The third kappa shape index (κ3) is 5.53. The van der Waals surface area contributed by atoms with Crippen molar-refractivity contribution >= 4 is 23.3 Å². The Balaban J connectivity index is 2.06. The predicted molar refractivity (Wildman–Crippen MR) is 88.8 cm³/mol. The van der Waals surface area contributed by atoms with Crippen molar-refractivity contribution in [3.8, 4) is 0 Å². The number of nitro benzene ring substituents is 1. The fourth-order valence-electron chi connectivity index (χ4n) is 2.60. The van der Waals surface area contributed by atoms with Gasteiger partial charge < -0.3 is 10.1 Å². The molecular weight excluding hydrogens is 369 g/mol. The van der Waals surface area contributed by atoms with Gasteiger partial charge in [-0.1, -0.05) is 12.2 Å². The van der Waals surface area contributed by atoms with Crippen LogP contribution in [0.25, 0.3) is 0 Å². The van der Waals surface area contributed by atoms with Crippen LogP contribution in [0.4, 0.5) is 24.5 Å². The molecule has 1 aliphatic rings. The fraction of sp³-hybridized carbons (Fsp3) is 0.412. The number of alkyl halides is 3. The molecule has 10 heteroatoms. The molecule has 0 saturated carbocycles. The lowest BCUT2D eigenvalue weighted by atomic mass is 10.1. The molecule has 1 aromatic rings. The van der Waals surface area contributed by atoms with E-state index in [0.717, 1.165) is 25.0 Å². The molecule has 146 valence electrons. The third-order valence-electron chi connectivity index (χ3n) is 4.00. The number of benzene rings is 1. The first-order valence-electron chi connectivity index (χ1n) is 8.10. The molecule has 0 spiro atoms. The average Bonchev–Trinajstić information content (AvgIpc) is 3.06. The fourth-order valence-corrected chi connectivity index (χ4v) is 2.60. The number of halogens is 3. The van der Waals surface area contributed by atoms with Gasteiger partial charge in [0.05, 0.1) is 22.6 Å². The summed E-state index contributed by atoms with van der Waals surface area (Å²) < 4.78 is 44.3. The minimum absolute atomic E-state index is 0.0271. The number of hydrogen-bond donors (Lipinski definition) is 1. The van der Waals surface area contributed by atoms with Crippen LogP contribution in [0.3, 0.4) is 0 Å². The van der Waals surface area contributed by atoms with E-state index < -0.39 is 46.0 Å². The van der Waals surface area contributed by atoms with E-state index in [1.54, 1.807) is 0 Å². The van der Waals surface area contributed by atoms with Crippen LogP contribution in [0.1, 0.15) is 31.7 Å². The van der Waals surface area contributed by atoms with E-state index in [1.807, 2.05) is 17.5 Å². The number of nitrogens with zero attached hydrogens (tertiary/aromatic N) is 1. The third-order valence-corrected chi connectivity index (χ3v) is 4.00. The number of anilines is 1. The van der Waals surface area contributed by atoms with Crippen LogP contribution >= 0.6 is 0 Å². The second kappa shape index (κ2) is 8.19. The zero-order valence-electron chi connectivity index (χ0n) is 14.3. The molecule has 2 atom stereocenters. The van der Waals surface area contributed by atoms with Crippen molar-refractivity contribution in [3.05, 3.63) is 46.0 Å². The maximum Gasteiger partial charge on any atom is 0.418 e. The summed E-state index contributed by atoms with van der Waals surface area (Å²) in [6, 6.07) is 1.96. The standard InChI is InChI=1S/C17H17F3N2O5/c1-10(27-15(23)8-11-4-2-3-5-11)16(24)21-14-7-6-12(22(25)26)9-13(14)17(18,19)20/h2,4,6-7,9-11H,3,5,8H2,1H3,(H,21,24)/t10-,11+/m1/s1. The molecule has 1 N–H and O–H groups in total. The van der Waals surface area contributed by atoms with Gasteiger partial charge in [-0.3, -0.25) is 19.7 Å². The van der Waals surface area contributed by atoms with Gasteiger partial charge in [0.2, 0.25) is 0 Å². The molecule has 0 fully saturated rings. The van der Waals surface area contributed by atoms with Crippen LogP contribution in [-0.4, -0.2) is 22.9 Å². The zero-order chi connectivity index (χ0) is 20.2. The van der Waals surface area contributed by atoms with Gasteiger partial charge in [0.25, 0.3) is 11.6 Å². The van der Waals surface area contributed by atoms with Crippen molar-refractivity contribution in [1.29, 1.82) is 0 Å². The molecule has 1 aromatic carbocycles. The lowest BCUT2D eigenvalue weighted by Gasteiger charge is -2.17. The maximum absolute atomic E-state index is 13.1. The van der Waals surface area contributed by atoms with Crippen molar-refractivity contribution in [1.82, 2.24) is 0 Å². The van der Waals surface area contributed by atoms with Crippen LogP contribution < -0.4 is 5.32 Å². The van der Waals surface area contributed by atoms with Crippen LogP contribution in [-0.2, 0) is 20.5 Å². The number of nitro groups is 1. The Morgan fingerprint density at radius 3 is 2.67 bits per heavy atom. The van der Waals surface area contributed by atoms with Crippen LogP contribution in [0.2, 0.25) is 0 Å². The number of rotatable bonds is 6. The van der Waals surface area contributed by atoms with Crippen molar-refractivity contribution in [2.45, 2.75) is 38.5 Å². The molecule has 2 rings (SSSR count). The number of hydrogen-bond acceptors (Lipinski definition) is 5. The zero-order valence-corrected chi connectivity index (χ0v) is 14.3. The highest BCUT2D eigenvalue weighted by molar-refractivity contribution is 5.96. The van der Waals surface area contributed by atoms with Crippen LogP contribution in [0.15, 0.2) is 30.4 Å². The summed E-state index contributed by atoms with van der Waals surface area (Å²) in [5.74, 6) is -1.57. The van der Waals surface area contributed by atoms with Gasteiger partial charge in [-0.2, -0.15) is 13.2 Å². The molecule has 0 unspecified atom stereocenters. The molecule has 0 aliphatic heterocycles. The number of allylic oxidation sites excluding steroid dienone is 2. The Morgan fingerprint density at radius 1 is 1.41 bits per heavy atom. The van der Waals surface area contributed by atoms with E-state index in [2.05, 4.69) is 0 Å². The Morgan fingerprint density at radius 2 is 2.11 bits per heavy atom. The summed E-state index contributed by atoms with van der Waals surface area (Å²) in [7, 11) is 0. The Bertz CT molecular complexity index is 776. The molecular formula is C17H17F3N2O5. The van der Waals surface area contributed by atoms with E-state index in [4.69, 9.17) is 4.74 Å². The molecule has 0 saturated heterocycles. The lowest BCUT2D eigenvalue weighted by Crippen LogP contribution is -2.31. The van der Waals surface area contributed by atoms with Gasteiger partial charge in [0, 0.05) is 12.1 Å². The number of esters is 1. The van der Waals surface area contributed by atoms with Gasteiger partial charge in [0.15, 0.2) is 6.10 Å². The molecule has 1 aliphatic carbocycles. The van der Waals surface area contributed by atoms with Gasteiger partial charge >= 0.3 is 12.1 Å². The lowest BCUT2D eigenvalue weighted by molar-refractivity contribution is -0.385. The molecule has 0 heterocycles. The summed E-state index contributed by atoms with van der Waals surface area (Å²) in [4.78, 5) is 33.6. The van der Waals surface area contributed by atoms with Crippen molar-refractivity contribution in [2.75, 3.05) is 5.32 Å². The Labute approximate surface area is 152 Å². The first-order valence-corrected chi connectivity index (χ1v) is 8.10. The van der Waals surface area contributed by atoms with E-state index in [9.17, 15) is 32.9 Å². The van der Waals surface area contributed by atoms with Gasteiger partial charge in [-0.05, 0) is 31.7 Å². The van der Waals surface area contributed by atoms with Crippen molar-refractivity contribution in [3.63, 3.8) is 0 Å². The maximum atomic E-state index is 13.1. The van der Waals surface area contributed by atoms with Crippen molar-refractivity contribution < 1.29 is 32.4 Å². The average molecular weight is 386 g/mol. The predicted octanol–water partition coefficient (Wildman–Crippen LogP) is 3.84. The van der Waals surface area contributed by atoms with Crippen molar-refractivity contribution in [2.24, 2.45) is 5.92 Å². The summed E-state index contributed by atoms with van der Waals surface area (Å²) in [5, 5.41) is 12.7. The number of amides is 1. The minimum atomic E-state index is -4.91. The topological polar surface area (TPSA) is 98.5 Å². The smallest absolute Gasteiger partial charge is 0.418 e. The van der Waals surface area contributed by atoms with E-state index in [-0.39, 0.29) is 12.3 Å². The highest BCUT2D eigenvalue weighted by Crippen LogP contribution is 2.37. The normalized spacial score (nSPS) is 17.4. The minimum Gasteiger partial charge on any atom is -0.453 e. The Hall–Kier alpha value is -2.91. The summed E-state index contributed by atoms with van der Waals surface area (Å²) in [5.41, 5.74) is -2.77. The first-order chi connectivity index (χ1) is 12.6. The summed E-state index contributed by atoms with van der Waals surface area (Å²) in [6.07, 6.45) is -0.691. The molecule has 0 aromatic heterocycles. The van der Waals surface area contributed by atoms with Gasteiger partial charge in [-0.25, -0.2) is 0 Å². The van der Waals surface area contributed by atoms with Gasteiger partial charge in [0.1, 0.15) is 0 Å². The number of ether oxygens (including phenoxy) is 1.